The maximum Gasteiger partial charge on any atom is 0.128 e. The Kier molecular flexibility index (Phi) is 2.44. The zero-order valence-electron chi connectivity index (χ0n) is 7.40. The molecule has 0 radical (unpaired) electrons. The van der Waals surface area contributed by atoms with Crippen molar-refractivity contribution in [3.05, 3.63) is 48.1 Å². The molecule has 2 rings (SSSR count). The summed E-state index contributed by atoms with van der Waals surface area (Å²) in [5.41, 5.74) is 1.67. The number of nitrogens with one attached hydrogen (secondary N) is 1. The second kappa shape index (κ2) is 3.91. The molecule has 1 N–H and O–H groups in total. The van der Waals surface area contributed by atoms with Gasteiger partial charge in [0.15, 0.2) is 0 Å². The number of rotatable bonds is 3. The molecule has 4 heteroatoms. The first-order valence-electron chi connectivity index (χ1n) is 4.22. The monoisotopic (exact) mass is 192 g/mol. The Morgan fingerprint density at radius 2 is 2.36 bits per heavy atom. The first-order valence-corrected chi connectivity index (χ1v) is 4.22. The van der Waals surface area contributed by atoms with Gasteiger partial charge in [0.1, 0.15) is 12.1 Å². The molecule has 2 aromatic rings. The van der Waals surface area contributed by atoms with E-state index in [1.165, 1.54) is 12.1 Å². The van der Waals surface area contributed by atoms with Gasteiger partial charge in [-0.2, -0.15) is 0 Å². The van der Waals surface area contributed by atoms with Crippen LogP contribution in [0.15, 0.2) is 41.2 Å². The van der Waals surface area contributed by atoms with E-state index in [4.69, 9.17) is 0 Å². The molecule has 3 nitrogen and oxygen atoms in total. The molecule has 0 aliphatic carbocycles. The van der Waals surface area contributed by atoms with Crippen LogP contribution in [0.5, 0.6) is 0 Å². The fourth-order valence-electron chi connectivity index (χ4n) is 1.12. The molecule has 0 amide bonds. The molecule has 0 unspecified atom stereocenters. The summed E-state index contributed by atoms with van der Waals surface area (Å²) in [6.07, 6.45) is 3.17. The summed E-state index contributed by atoms with van der Waals surface area (Å²) in [5.74, 6) is -0.250. The summed E-state index contributed by atoms with van der Waals surface area (Å²) in [7, 11) is 0. The summed E-state index contributed by atoms with van der Waals surface area (Å²) < 4.78 is 17.4. The number of aromatic nitrogens is 1. The van der Waals surface area contributed by atoms with Gasteiger partial charge in [0, 0.05) is 17.8 Å². The topological polar surface area (TPSA) is 38.1 Å². The number of hydrogen-bond donors (Lipinski definition) is 1. The van der Waals surface area contributed by atoms with Gasteiger partial charge in [-0.1, -0.05) is 11.2 Å². The van der Waals surface area contributed by atoms with Crippen LogP contribution in [0, 0.1) is 5.82 Å². The highest BCUT2D eigenvalue weighted by atomic mass is 19.1. The van der Waals surface area contributed by atoms with E-state index < -0.39 is 0 Å². The van der Waals surface area contributed by atoms with Crippen molar-refractivity contribution in [2.24, 2.45) is 0 Å². The standard InChI is InChI=1S/C10H9FN2O/c11-9-2-1-3-10(4-9)12-5-8-6-13-14-7-8/h1-4,6-7,12H,5H2. The van der Waals surface area contributed by atoms with Gasteiger partial charge in [0.05, 0.1) is 6.20 Å². The van der Waals surface area contributed by atoms with Gasteiger partial charge in [-0.05, 0) is 18.2 Å². The van der Waals surface area contributed by atoms with Crippen molar-refractivity contribution in [1.82, 2.24) is 5.16 Å². The number of hydrogen-bond acceptors (Lipinski definition) is 3. The smallest absolute Gasteiger partial charge is 0.128 e. The quantitative estimate of drug-likeness (QED) is 0.811. The highest BCUT2D eigenvalue weighted by Crippen LogP contribution is 2.10. The Hall–Kier alpha value is -1.84. The Labute approximate surface area is 80.5 Å². The number of halogens is 1. The molecule has 1 aromatic carbocycles. The van der Waals surface area contributed by atoms with Gasteiger partial charge in [-0.25, -0.2) is 4.39 Å². The number of benzene rings is 1. The lowest BCUT2D eigenvalue weighted by Gasteiger charge is -2.03. The Morgan fingerprint density at radius 3 is 3.07 bits per heavy atom. The van der Waals surface area contributed by atoms with Crippen LogP contribution in [0.3, 0.4) is 0 Å². The average Bonchev–Trinajstić information content (AvgIpc) is 2.67. The van der Waals surface area contributed by atoms with Gasteiger partial charge in [0.2, 0.25) is 0 Å². The average molecular weight is 192 g/mol. The molecule has 0 aliphatic heterocycles. The molecule has 14 heavy (non-hydrogen) atoms. The van der Waals surface area contributed by atoms with Crippen molar-refractivity contribution in [3.8, 4) is 0 Å². The number of nitrogens with zero attached hydrogens (tertiary/aromatic N) is 1. The third kappa shape index (κ3) is 2.10. The highest BCUT2D eigenvalue weighted by Gasteiger charge is 1.96. The van der Waals surface area contributed by atoms with Crippen LogP contribution in [-0.2, 0) is 6.54 Å². The minimum absolute atomic E-state index is 0.250. The molecule has 0 atom stereocenters. The normalized spacial score (nSPS) is 10.1. The van der Waals surface area contributed by atoms with Gasteiger partial charge < -0.3 is 9.84 Å². The minimum atomic E-state index is -0.250. The summed E-state index contributed by atoms with van der Waals surface area (Å²) in [4.78, 5) is 0. The minimum Gasteiger partial charge on any atom is -0.381 e. The lowest BCUT2D eigenvalue weighted by atomic mass is 10.3. The number of anilines is 1. The highest BCUT2D eigenvalue weighted by molar-refractivity contribution is 5.43. The maximum absolute atomic E-state index is 12.8. The Balaban J connectivity index is 1.98. The van der Waals surface area contributed by atoms with Gasteiger partial charge in [-0.3, -0.25) is 0 Å². The van der Waals surface area contributed by atoms with E-state index in [0.717, 1.165) is 11.3 Å². The summed E-state index contributed by atoms with van der Waals surface area (Å²) >= 11 is 0. The van der Waals surface area contributed by atoms with Crippen molar-refractivity contribution in [3.63, 3.8) is 0 Å². The maximum atomic E-state index is 12.8. The molecule has 0 aliphatic rings. The summed E-state index contributed by atoms with van der Waals surface area (Å²) in [5, 5.41) is 6.61. The fourth-order valence-corrected chi connectivity index (χ4v) is 1.12. The molecular weight excluding hydrogens is 183 g/mol. The van der Waals surface area contributed by atoms with Crippen molar-refractivity contribution in [2.45, 2.75) is 6.54 Å². The Morgan fingerprint density at radius 1 is 1.43 bits per heavy atom. The second-order valence-corrected chi connectivity index (χ2v) is 2.90. The fraction of sp³-hybridized carbons (Fsp3) is 0.100. The first kappa shape index (κ1) is 8.74. The van der Waals surface area contributed by atoms with Crippen molar-refractivity contribution < 1.29 is 8.91 Å². The van der Waals surface area contributed by atoms with Gasteiger partial charge in [-0.15, -0.1) is 0 Å². The molecule has 72 valence electrons. The molecular formula is C10H9FN2O. The zero-order valence-corrected chi connectivity index (χ0v) is 7.40. The third-order valence-corrected chi connectivity index (χ3v) is 1.80. The van der Waals surface area contributed by atoms with Crippen LogP contribution in [0.25, 0.3) is 0 Å². The second-order valence-electron chi connectivity index (χ2n) is 2.90. The van der Waals surface area contributed by atoms with Crippen LogP contribution in [0.2, 0.25) is 0 Å². The van der Waals surface area contributed by atoms with Gasteiger partial charge >= 0.3 is 0 Å². The molecule has 0 spiro atoms. The van der Waals surface area contributed by atoms with E-state index >= 15 is 0 Å². The van der Waals surface area contributed by atoms with Crippen molar-refractivity contribution >= 4 is 5.69 Å². The van der Waals surface area contributed by atoms with Crippen LogP contribution in [-0.4, -0.2) is 5.16 Å². The zero-order chi connectivity index (χ0) is 9.80. The van der Waals surface area contributed by atoms with E-state index in [-0.39, 0.29) is 5.82 Å². The molecule has 0 bridgehead atoms. The molecule has 0 saturated carbocycles. The van der Waals surface area contributed by atoms with Crippen molar-refractivity contribution in [2.75, 3.05) is 5.32 Å². The first-order chi connectivity index (χ1) is 6.84. The van der Waals surface area contributed by atoms with E-state index in [1.54, 1.807) is 24.6 Å². The predicted octanol–water partition coefficient (Wildman–Crippen LogP) is 2.43. The molecule has 0 fully saturated rings. The van der Waals surface area contributed by atoms with E-state index in [2.05, 4.69) is 15.0 Å². The Bertz CT molecular complexity index is 400. The molecule has 1 heterocycles. The predicted molar refractivity (Wildman–Crippen MR) is 50.2 cm³/mol. The summed E-state index contributed by atoms with van der Waals surface area (Å²) in [6.45, 7) is 0.576. The third-order valence-electron chi connectivity index (χ3n) is 1.80. The SMILES string of the molecule is Fc1cccc(NCc2cnoc2)c1. The van der Waals surface area contributed by atoms with Crippen LogP contribution in [0.1, 0.15) is 5.56 Å². The molecule has 1 aromatic heterocycles. The van der Waals surface area contributed by atoms with Gasteiger partial charge in [0.25, 0.3) is 0 Å². The van der Waals surface area contributed by atoms with E-state index in [1.807, 2.05) is 0 Å². The summed E-state index contributed by atoms with van der Waals surface area (Å²) in [6, 6.07) is 6.31. The van der Waals surface area contributed by atoms with Crippen molar-refractivity contribution in [1.29, 1.82) is 0 Å². The largest absolute Gasteiger partial charge is 0.381 e. The van der Waals surface area contributed by atoms with Crippen LogP contribution < -0.4 is 5.32 Å². The van der Waals surface area contributed by atoms with E-state index in [9.17, 15) is 4.39 Å². The lowest BCUT2D eigenvalue weighted by Crippen LogP contribution is -1.97. The van der Waals surface area contributed by atoms with E-state index in [0.29, 0.717) is 6.54 Å². The van der Waals surface area contributed by atoms with Crippen LogP contribution in [0.4, 0.5) is 10.1 Å². The lowest BCUT2D eigenvalue weighted by molar-refractivity contribution is 0.419. The van der Waals surface area contributed by atoms with Crippen LogP contribution >= 0.6 is 0 Å². The molecule has 0 saturated heterocycles.